The van der Waals surface area contributed by atoms with Crippen LogP contribution in [0.4, 0.5) is 5.69 Å². The van der Waals surface area contributed by atoms with E-state index in [0.717, 1.165) is 24.6 Å². The zero-order valence-electron chi connectivity index (χ0n) is 11.9. The van der Waals surface area contributed by atoms with Gasteiger partial charge in [-0.15, -0.1) is 0 Å². The van der Waals surface area contributed by atoms with Gasteiger partial charge in [0.25, 0.3) is 0 Å². The molecule has 0 aliphatic carbocycles. The number of nitrogens with zero attached hydrogens (tertiary/aromatic N) is 1. The predicted molar refractivity (Wildman–Crippen MR) is 82.6 cm³/mol. The highest BCUT2D eigenvalue weighted by atomic mass is 35.5. The Labute approximate surface area is 121 Å². The van der Waals surface area contributed by atoms with Crippen LogP contribution in [-0.2, 0) is 0 Å². The summed E-state index contributed by atoms with van der Waals surface area (Å²) < 4.78 is 0. The first-order valence-electron chi connectivity index (χ1n) is 7.07. The van der Waals surface area contributed by atoms with Crippen LogP contribution < -0.4 is 5.32 Å². The molecule has 0 saturated heterocycles. The highest BCUT2D eigenvalue weighted by Crippen LogP contribution is 2.20. The Morgan fingerprint density at radius 1 is 1.21 bits per heavy atom. The molecule has 19 heavy (non-hydrogen) atoms. The SMILES string of the molecule is CC(C)CCCCCCNc1cc(Cl)ccc1C#N. The van der Waals surface area contributed by atoms with Gasteiger partial charge in [-0.2, -0.15) is 5.26 Å². The van der Waals surface area contributed by atoms with Crippen molar-refractivity contribution < 1.29 is 0 Å². The molecule has 0 fully saturated rings. The molecule has 0 radical (unpaired) electrons. The van der Waals surface area contributed by atoms with Gasteiger partial charge in [-0.3, -0.25) is 0 Å². The third-order valence-electron chi connectivity index (χ3n) is 3.13. The van der Waals surface area contributed by atoms with E-state index in [0.29, 0.717) is 10.6 Å². The molecule has 3 heteroatoms. The molecular weight excluding hydrogens is 256 g/mol. The molecule has 0 spiro atoms. The molecule has 1 rings (SSSR count). The van der Waals surface area contributed by atoms with E-state index in [9.17, 15) is 0 Å². The van der Waals surface area contributed by atoms with Crippen LogP contribution in [0.5, 0.6) is 0 Å². The zero-order chi connectivity index (χ0) is 14.1. The van der Waals surface area contributed by atoms with E-state index < -0.39 is 0 Å². The first kappa shape index (κ1) is 15.9. The zero-order valence-corrected chi connectivity index (χ0v) is 12.6. The molecule has 104 valence electrons. The number of benzene rings is 1. The fourth-order valence-electron chi connectivity index (χ4n) is 2.01. The quantitative estimate of drug-likeness (QED) is 0.661. The van der Waals surface area contributed by atoms with Gasteiger partial charge >= 0.3 is 0 Å². The summed E-state index contributed by atoms with van der Waals surface area (Å²) in [6, 6.07) is 7.50. The molecule has 2 nitrogen and oxygen atoms in total. The molecule has 0 aliphatic rings. The van der Waals surface area contributed by atoms with Crippen LogP contribution in [0.2, 0.25) is 5.02 Å². The average Bonchev–Trinajstić information content (AvgIpc) is 2.37. The second-order valence-corrected chi connectivity index (χ2v) is 5.76. The van der Waals surface area contributed by atoms with E-state index in [1.54, 1.807) is 12.1 Å². The van der Waals surface area contributed by atoms with E-state index in [4.69, 9.17) is 16.9 Å². The Balaban J connectivity index is 2.23. The Kier molecular flexibility index (Phi) is 7.36. The summed E-state index contributed by atoms with van der Waals surface area (Å²) in [5, 5.41) is 13.0. The number of anilines is 1. The summed E-state index contributed by atoms with van der Waals surface area (Å²) >= 11 is 5.94. The van der Waals surface area contributed by atoms with Gasteiger partial charge in [0.05, 0.1) is 11.3 Å². The van der Waals surface area contributed by atoms with Gasteiger partial charge in [-0.1, -0.05) is 51.1 Å². The fourth-order valence-corrected chi connectivity index (χ4v) is 2.19. The molecule has 0 atom stereocenters. The molecule has 0 amide bonds. The molecular formula is C16H23ClN2. The van der Waals surface area contributed by atoms with Gasteiger partial charge < -0.3 is 5.32 Å². The highest BCUT2D eigenvalue weighted by Gasteiger charge is 2.02. The van der Waals surface area contributed by atoms with Crippen molar-refractivity contribution in [1.82, 2.24) is 0 Å². The van der Waals surface area contributed by atoms with Crippen molar-refractivity contribution >= 4 is 17.3 Å². The minimum atomic E-state index is 0.657. The lowest BCUT2D eigenvalue weighted by atomic mass is 10.0. The molecule has 1 aromatic rings. The average molecular weight is 279 g/mol. The van der Waals surface area contributed by atoms with Gasteiger partial charge in [-0.05, 0) is 30.5 Å². The highest BCUT2D eigenvalue weighted by molar-refractivity contribution is 6.30. The maximum atomic E-state index is 9.00. The van der Waals surface area contributed by atoms with Crippen LogP contribution in [0.15, 0.2) is 18.2 Å². The lowest BCUT2D eigenvalue weighted by molar-refractivity contribution is 0.523. The molecule has 1 N–H and O–H groups in total. The lowest BCUT2D eigenvalue weighted by Gasteiger charge is -2.09. The first-order valence-corrected chi connectivity index (χ1v) is 7.45. The molecule has 0 aliphatic heterocycles. The van der Waals surface area contributed by atoms with Crippen molar-refractivity contribution in [3.8, 4) is 6.07 Å². The Hall–Kier alpha value is -1.20. The predicted octanol–water partition coefficient (Wildman–Crippen LogP) is 5.23. The summed E-state index contributed by atoms with van der Waals surface area (Å²) in [5.74, 6) is 0.808. The van der Waals surface area contributed by atoms with Crippen LogP contribution in [0, 0.1) is 17.2 Å². The summed E-state index contributed by atoms with van der Waals surface area (Å²) in [6.07, 6.45) is 6.30. The van der Waals surface area contributed by atoms with Crippen LogP contribution in [0.3, 0.4) is 0 Å². The standard InChI is InChI=1S/C16H23ClN2/c1-13(2)7-5-3-4-6-10-19-16-11-15(17)9-8-14(16)12-18/h8-9,11,13,19H,3-7,10H2,1-2H3. The van der Waals surface area contributed by atoms with Crippen LogP contribution in [-0.4, -0.2) is 6.54 Å². The maximum Gasteiger partial charge on any atom is 0.101 e. The van der Waals surface area contributed by atoms with E-state index in [2.05, 4.69) is 25.2 Å². The second-order valence-electron chi connectivity index (χ2n) is 5.33. The van der Waals surface area contributed by atoms with E-state index in [1.165, 1.54) is 25.7 Å². The fraction of sp³-hybridized carbons (Fsp3) is 0.562. The molecule has 0 heterocycles. The van der Waals surface area contributed by atoms with Crippen molar-refractivity contribution in [2.75, 3.05) is 11.9 Å². The molecule has 0 aromatic heterocycles. The summed E-state index contributed by atoms with van der Waals surface area (Å²) in [7, 11) is 0. The third kappa shape index (κ3) is 6.50. The summed E-state index contributed by atoms with van der Waals surface area (Å²) in [6.45, 7) is 5.44. The van der Waals surface area contributed by atoms with Crippen molar-refractivity contribution in [2.45, 2.75) is 46.0 Å². The minimum absolute atomic E-state index is 0.657. The van der Waals surface area contributed by atoms with E-state index >= 15 is 0 Å². The molecule has 0 unspecified atom stereocenters. The van der Waals surface area contributed by atoms with Crippen molar-refractivity contribution in [3.63, 3.8) is 0 Å². The van der Waals surface area contributed by atoms with Crippen molar-refractivity contribution in [1.29, 1.82) is 5.26 Å². The summed E-state index contributed by atoms with van der Waals surface area (Å²) in [4.78, 5) is 0. The van der Waals surface area contributed by atoms with Crippen LogP contribution >= 0.6 is 11.6 Å². The van der Waals surface area contributed by atoms with Gasteiger partial charge in [-0.25, -0.2) is 0 Å². The number of halogens is 1. The Bertz CT molecular complexity index is 421. The normalized spacial score (nSPS) is 10.5. The van der Waals surface area contributed by atoms with Crippen LogP contribution in [0.25, 0.3) is 0 Å². The number of rotatable bonds is 8. The first-order chi connectivity index (χ1) is 9.13. The third-order valence-corrected chi connectivity index (χ3v) is 3.36. The van der Waals surface area contributed by atoms with Gasteiger partial charge in [0.15, 0.2) is 0 Å². The molecule has 0 saturated carbocycles. The van der Waals surface area contributed by atoms with Gasteiger partial charge in [0.1, 0.15) is 6.07 Å². The summed E-state index contributed by atoms with van der Waals surface area (Å²) in [5.41, 5.74) is 1.50. The molecule has 1 aromatic carbocycles. The number of hydrogen-bond acceptors (Lipinski definition) is 2. The van der Waals surface area contributed by atoms with E-state index in [1.807, 2.05) is 6.07 Å². The van der Waals surface area contributed by atoms with Crippen molar-refractivity contribution in [2.24, 2.45) is 5.92 Å². The number of nitriles is 1. The minimum Gasteiger partial charge on any atom is -0.384 e. The monoisotopic (exact) mass is 278 g/mol. The Morgan fingerprint density at radius 2 is 1.95 bits per heavy atom. The van der Waals surface area contributed by atoms with Crippen LogP contribution in [0.1, 0.15) is 51.5 Å². The van der Waals surface area contributed by atoms with E-state index in [-0.39, 0.29) is 0 Å². The largest absolute Gasteiger partial charge is 0.384 e. The van der Waals surface area contributed by atoms with Crippen molar-refractivity contribution in [3.05, 3.63) is 28.8 Å². The second kappa shape index (κ2) is 8.82. The maximum absolute atomic E-state index is 9.00. The number of unbranched alkanes of at least 4 members (excludes halogenated alkanes) is 3. The smallest absolute Gasteiger partial charge is 0.101 e. The topological polar surface area (TPSA) is 35.8 Å². The number of nitrogens with one attached hydrogen (secondary N) is 1. The Morgan fingerprint density at radius 3 is 2.63 bits per heavy atom. The lowest BCUT2D eigenvalue weighted by Crippen LogP contribution is -2.03. The van der Waals surface area contributed by atoms with Gasteiger partial charge in [0, 0.05) is 11.6 Å². The molecule has 0 bridgehead atoms. The number of hydrogen-bond donors (Lipinski definition) is 1. The van der Waals surface area contributed by atoms with Gasteiger partial charge in [0.2, 0.25) is 0 Å².